The first kappa shape index (κ1) is 19.9. The Morgan fingerprint density at radius 1 is 1.37 bits per heavy atom. The van der Waals surface area contributed by atoms with Crippen molar-refractivity contribution in [2.75, 3.05) is 24.3 Å². The third kappa shape index (κ3) is 4.35. The summed E-state index contributed by atoms with van der Waals surface area (Å²) in [7, 11) is -1.40. The summed E-state index contributed by atoms with van der Waals surface area (Å²) in [5, 5.41) is 1.08. The number of amides is 1. The number of sulfone groups is 1. The van der Waals surface area contributed by atoms with Crippen LogP contribution in [-0.4, -0.2) is 59.1 Å². The molecular weight excluding hydrogens is 386 g/mol. The molecule has 1 aromatic heterocycles. The molecule has 0 N–H and O–H groups in total. The summed E-state index contributed by atoms with van der Waals surface area (Å²) >= 11 is 1.22. The van der Waals surface area contributed by atoms with Crippen molar-refractivity contribution in [2.45, 2.75) is 37.5 Å². The molecule has 0 saturated carbocycles. The van der Waals surface area contributed by atoms with E-state index in [1.54, 1.807) is 23.7 Å². The lowest BCUT2D eigenvalue weighted by atomic mass is 10.2. The number of benzene rings is 1. The summed E-state index contributed by atoms with van der Waals surface area (Å²) in [6.45, 7) is 2.51. The number of carbonyl (C=O) groups excluding carboxylic acids is 1. The number of carbonyl (C=O) groups is 1. The zero-order valence-corrected chi connectivity index (χ0v) is 17.1. The number of para-hydroxylation sites is 1. The van der Waals surface area contributed by atoms with Crippen LogP contribution in [0.1, 0.15) is 19.8 Å². The minimum atomic E-state index is -3.04. The van der Waals surface area contributed by atoms with E-state index >= 15 is 0 Å². The number of rotatable bonds is 6. The van der Waals surface area contributed by atoms with Crippen molar-refractivity contribution in [1.29, 1.82) is 0 Å². The Kier molecular flexibility index (Phi) is 5.90. The van der Waals surface area contributed by atoms with Gasteiger partial charge in [-0.3, -0.25) is 14.2 Å². The van der Waals surface area contributed by atoms with Crippen LogP contribution < -0.4 is 5.56 Å². The lowest BCUT2D eigenvalue weighted by Gasteiger charge is -2.23. The average molecular weight is 410 g/mol. The van der Waals surface area contributed by atoms with Gasteiger partial charge in [0.25, 0.3) is 5.56 Å². The first-order valence-electron chi connectivity index (χ1n) is 8.91. The number of aromatic nitrogens is 2. The Labute approximate surface area is 162 Å². The monoisotopic (exact) mass is 409 g/mol. The van der Waals surface area contributed by atoms with Crippen molar-refractivity contribution < 1.29 is 13.2 Å². The van der Waals surface area contributed by atoms with Gasteiger partial charge in [-0.1, -0.05) is 30.8 Å². The lowest BCUT2D eigenvalue weighted by Crippen LogP contribution is -2.39. The van der Waals surface area contributed by atoms with E-state index in [1.807, 2.05) is 19.1 Å². The van der Waals surface area contributed by atoms with Gasteiger partial charge in [-0.2, -0.15) is 0 Å². The summed E-state index contributed by atoms with van der Waals surface area (Å²) in [5.74, 6) is 0.105. The van der Waals surface area contributed by atoms with Gasteiger partial charge in [0.05, 0.1) is 28.2 Å². The highest BCUT2D eigenvalue weighted by atomic mass is 32.2. The molecule has 1 aliphatic rings. The Bertz CT molecular complexity index is 1020. The molecule has 146 valence electrons. The van der Waals surface area contributed by atoms with E-state index in [1.165, 1.54) is 16.7 Å². The highest BCUT2D eigenvalue weighted by Crippen LogP contribution is 2.21. The molecular formula is C18H23N3O4S2. The molecule has 2 heterocycles. The van der Waals surface area contributed by atoms with E-state index in [-0.39, 0.29) is 34.8 Å². The fourth-order valence-electron chi connectivity index (χ4n) is 3.19. The van der Waals surface area contributed by atoms with Gasteiger partial charge in [-0.15, -0.1) is 0 Å². The maximum Gasteiger partial charge on any atom is 0.262 e. The second-order valence-electron chi connectivity index (χ2n) is 6.72. The van der Waals surface area contributed by atoms with Crippen LogP contribution in [0.3, 0.4) is 0 Å². The van der Waals surface area contributed by atoms with Crippen LogP contribution in [0.5, 0.6) is 0 Å². The van der Waals surface area contributed by atoms with E-state index in [9.17, 15) is 18.0 Å². The molecule has 27 heavy (non-hydrogen) atoms. The third-order valence-electron chi connectivity index (χ3n) is 4.75. The molecule has 1 fully saturated rings. The largest absolute Gasteiger partial charge is 0.341 e. The standard InChI is InChI=1S/C18H23N3O4S2/c1-3-9-21-17(23)14-6-4-5-7-15(14)19-18(21)26-11-16(22)20(2)13-8-10-27(24,25)12-13/h4-7,13H,3,8-12H2,1-2H3/t13-/m0/s1. The van der Waals surface area contributed by atoms with Crippen LogP contribution in [0.15, 0.2) is 34.2 Å². The van der Waals surface area contributed by atoms with Gasteiger partial charge in [0.1, 0.15) is 0 Å². The molecule has 0 unspecified atom stereocenters. The van der Waals surface area contributed by atoms with Gasteiger partial charge in [-0.25, -0.2) is 13.4 Å². The maximum absolute atomic E-state index is 12.7. The molecule has 2 aromatic rings. The van der Waals surface area contributed by atoms with Crippen LogP contribution in [-0.2, 0) is 21.2 Å². The van der Waals surface area contributed by atoms with E-state index in [2.05, 4.69) is 4.98 Å². The predicted octanol–water partition coefficient (Wildman–Crippen LogP) is 1.54. The van der Waals surface area contributed by atoms with Crippen molar-refractivity contribution in [1.82, 2.24) is 14.5 Å². The number of hydrogen-bond donors (Lipinski definition) is 0. The second kappa shape index (κ2) is 8.02. The van der Waals surface area contributed by atoms with Gasteiger partial charge < -0.3 is 4.90 Å². The molecule has 0 aliphatic carbocycles. The van der Waals surface area contributed by atoms with Crippen molar-refractivity contribution in [3.05, 3.63) is 34.6 Å². The molecule has 1 atom stereocenters. The second-order valence-corrected chi connectivity index (χ2v) is 9.89. The van der Waals surface area contributed by atoms with Crippen molar-refractivity contribution in [2.24, 2.45) is 0 Å². The first-order chi connectivity index (χ1) is 12.8. The molecule has 0 radical (unpaired) electrons. The van der Waals surface area contributed by atoms with Crippen molar-refractivity contribution in [3.63, 3.8) is 0 Å². The smallest absolute Gasteiger partial charge is 0.262 e. The summed E-state index contributed by atoms with van der Waals surface area (Å²) in [6.07, 6.45) is 1.26. The fraction of sp³-hybridized carbons (Fsp3) is 0.500. The number of fused-ring (bicyclic) bond motifs is 1. The summed E-state index contributed by atoms with van der Waals surface area (Å²) in [4.78, 5) is 31.4. The third-order valence-corrected chi connectivity index (χ3v) is 7.46. The van der Waals surface area contributed by atoms with Gasteiger partial charge in [0.2, 0.25) is 5.91 Å². The maximum atomic E-state index is 12.7. The Morgan fingerprint density at radius 3 is 2.78 bits per heavy atom. The van der Waals surface area contributed by atoms with E-state index in [0.29, 0.717) is 29.0 Å². The van der Waals surface area contributed by atoms with Gasteiger partial charge in [0, 0.05) is 19.6 Å². The molecule has 0 bridgehead atoms. The topological polar surface area (TPSA) is 89.3 Å². The normalized spacial score (nSPS) is 18.7. The van der Waals surface area contributed by atoms with Gasteiger partial charge >= 0.3 is 0 Å². The van der Waals surface area contributed by atoms with E-state index in [0.717, 1.165) is 6.42 Å². The molecule has 1 aliphatic heterocycles. The fourth-order valence-corrected chi connectivity index (χ4v) is 5.91. The lowest BCUT2D eigenvalue weighted by molar-refractivity contribution is -0.128. The minimum absolute atomic E-state index is 0.0225. The van der Waals surface area contributed by atoms with Crippen molar-refractivity contribution in [3.8, 4) is 0 Å². The summed E-state index contributed by atoms with van der Waals surface area (Å²) in [6, 6.07) is 6.90. The molecule has 1 saturated heterocycles. The Hall–Kier alpha value is -1.87. The molecule has 3 rings (SSSR count). The molecule has 1 aromatic carbocycles. The zero-order valence-electron chi connectivity index (χ0n) is 15.4. The van der Waals surface area contributed by atoms with Gasteiger partial charge in [-0.05, 0) is 25.0 Å². The minimum Gasteiger partial charge on any atom is -0.341 e. The van der Waals surface area contributed by atoms with Crippen LogP contribution >= 0.6 is 11.8 Å². The first-order valence-corrected chi connectivity index (χ1v) is 11.7. The van der Waals surface area contributed by atoms with Crippen LogP contribution in [0.25, 0.3) is 10.9 Å². The number of thioether (sulfide) groups is 1. The Morgan fingerprint density at radius 2 is 2.11 bits per heavy atom. The SMILES string of the molecule is CCCn1c(SCC(=O)N(C)[C@H]2CCS(=O)(=O)C2)nc2ccccc2c1=O. The van der Waals surface area contributed by atoms with Crippen LogP contribution in [0.4, 0.5) is 0 Å². The van der Waals surface area contributed by atoms with Crippen LogP contribution in [0.2, 0.25) is 0 Å². The van der Waals surface area contributed by atoms with Gasteiger partial charge in [0.15, 0.2) is 15.0 Å². The van der Waals surface area contributed by atoms with E-state index < -0.39 is 9.84 Å². The molecule has 7 nitrogen and oxygen atoms in total. The number of nitrogens with zero attached hydrogens (tertiary/aromatic N) is 3. The van der Waals surface area contributed by atoms with E-state index in [4.69, 9.17) is 0 Å². The number of hydrogen-bond acceptors (Lipinski definition) is 6. The summed E-state index contributed by atoms with van der Waals surface area (Å²) < 4.78 is 24.9. The molecule has 0 spiro atoms. The quantitative estimate of drug-likeness (QED) is 0.531. The zero-order chi connectivity index (χ0) is 19.6. The van der Waals surface area contributed by atoms with Crippen LogP contribution in [0, 0.1) is 0 Å². The summed E-state index contributed by atoms with van der Waals surface area (Å²) in [5.41, 5.74) is 0.507. The van der Waals surface area contributed by atoms with Crippen molar-refractivity contribution >= 4 is 38.4 Å². The molecule has 1 amide bonds. The molecule has 9 heteroatoms. The highest BCUT2D eigenvalue weighted by Gasteiger charge is 2.32. The highest BCUT2D eigenvalue weighted by molar-refractivity contribution is 7.99. The average Bonchev–Trinajstić information content (AvgIpc) is 3.01. The Balaban J connectivity index is 1.79. The predicted molar refractivity (Wildman–Crippen MR) is 107 cm³/mol.